The van der Waals surface area contributed by atoms with Crippen LogP contribution in [0.5, 0.6) is 0 Å². The van der Waals surface area contributed by atoms with E-state index in [1.165, 1.54) is 28.9 Å². The monoisotopic (exact) mass is 425 g/mol. The first-order valence-corrected chi connectivity index (χ1v) is 10.4. The first-order chi connectivity index (χ1) is 13.9. The molecule has 0 fully saturated rings. The normalized spacial score (nSPS) is 11.3. The van der Waals surface area contributed by atoms with Crippen LogP contribution in [0, 0.1) is 0 Å². The number of hydrogen-bond acceptors (Lipinski definition) is 5. The predicted octanol–water partition coefficient (Wildman–Crippen LogP) is 3.97. The number of nitrogens with zero attached hydrogens (tertiary/aromatic N) is 3. The molecular weight excluding hydrogens is 410 g/mol. The van der Waals surface area contributed by atoms with Crippen LogP contribution in [0.3, 0.4) is 0 Å². The molecule has 0 atom stereocenters. The van der Waals surface area contributed by atoms with E-state index in [1.807, 2.05) is 0 Å². The van der Waals surface area contributed by atoms with Crippen molar-refractivity contribution in [3.63, 3.8) is 0 Å². The van der Waals surface area contributed by atoms with Gasteiger partial charge in [-0.3, -0.25) is 9.71 Å². The highest BCUT2D eigenvalue weighted by Gasteiger charge is 2.19. The third-order valence-corrected chi connectivity index (χ3v) is 5.81. The Bertz CT molecular complexity index is 1240. The summed E-state index contributed by atoms with van der Waals surface area (Å²) in [5.41, 5.74) is 8.20. The molecule has 146 valence electrons. The van der Waals surface area contributed by atoms with Crippen molar-refractivity contribution >= 4 is 33.1 Å². The zero-order valence-electron chi connectivity index (χ0n) is 15.0. The second-order valence-corrected chi connectivity index (χ2v) is 8.33. The zero-order valence-corrected chi connectivity index (χ0v) is 16.6. The summed E-state index contributed by atoms with van der Waals surface area (Å²) in [7, 11) is -3.84. The molecule has 0 aliphatic rings. The molecule has 0 saturated carbocycles. The molecule has 29 heavy (non-hydrogen) atoms. The Labute approximate surface area is 172 Å². The molecule has 0 unspecified atom stereocenters. The van der Waals surface area contributed by atoms with Gasteiger partial charge in [0.15, 0.2) is 0 Å². The van der Waals surface area contributed by atoms with Crippen LogP contribution in [0.1, 0.15) is 0 Å². The van der Waals surface area contributed by atoms with Crippen LogP contribution in [-0.2, 0) is 10.0 Å². The van der Waals surface area contributed by atoms with Gasteiger partial charge in [0, 0.05) is 34.7 Å². The van der Waals surface area contributed by atoms with Gasteiger partial charge in [0.1, 0.15) is 5.82 Å². The Morgan fingerprint density at radius 3 is 2.24 bits per heavy atom. The van der Waals surface area contributed by atoms with Crippen molar-refractivity contribution in [1.82, 2.24) is 14.8 Å². The second-order valence-electron chi connectivity index (χ2n) is 6.21. The maximum atomic E-state index is 12.9. The topological polar surface area (TPSA) is 103 Å². The van der Waals surface area contributed by atoms with Gasteiger partial charge >= 0.3 is 0 Å². The van der Waals surface area contributed by atoms with Crippen molar-refractivity contribution in [2.24, 2.45) is 0 Å². The largest absolute Gasteiger partial charge is 0.399 e. The smallest absolute Gasteiger partial charge is 0.263 e. The van der Waals surface area contributed by atoms with Crippen LogP contribution >= 0.6 is 11.6 Å². The van der Waals surface area contributed by atoms with Crippen LogP contribution < -0.4 is 10.5 Å². The summed E-state index contributed by atoms with van der Waals surface area (Å²) >= 11 is 5.98. The number of sulfonamides is 1. The van der Waals surface area contributed by atoms with Crippen LogP contribution in [0.15, 0.2) is 84.0 Å². The number of pyridine rings is 1. The Kier molecular flexibility index (Phi) is 4.96. The molecular formula is C20H16ClN5O2S. The van der Waals surface area contributed by atoms with E-state index in [0.29, 0.717) is 22.1 Å². The number of anilines is 2. The number of hydrogen-bond donors (Lipinski definition) is 2. The minimum Gasteiger partial charge on any atom is -0.399 e. The zero-order chi connectivity index (χ0) is 20.4. The van der Waals surface area contributed by atoms with Gasteiger partial charge in [-0.1, -0.05) is 11.6 Å². The van der Waals surface area contributed by atoms with E-state index in [1.54, 1.807) is 54.9 Å². The molecule has 0 bridgehead atoms. The second kappa shape index (κ2) is 7.57. The van der Waals surface area contributed by atoms with E-state index < -0.39 is 10.0 Å². The average Bonchev–Trinajstić information content (AvgIpc) is 3.12. The maximum absolute atomic E-state index is 12.9. The summed E-state index contributed by atoms with van der Waals surface area (Å²) in [5.74, 6) is 0.288. The molecule has 2 aromatic carbocycles. The van der Waals surface area contributed by atoms with Gasteiger partial charge in [-0.05, 0) is 60.7 Å². The van der Waals surface area contributed by atoms with Gasteiger partial charge in [0.25, 0.3) is 10.0 Å². The molecule has 4 aromatic rings. The lowest BCUT2D eigenvalue weighted by Crippen LogP contribution is -2.16. The summed E-state index contributed by atoms with van der Waals surface area (Å²) in [6, 6.07) is 18.2. The van der Waals surface area contributed by atoms with Crippen LogP contribution in [0.2, 0.25) is 5.02 Å². The van der Waals surface area contributed by atoms with Gasteiger partial charge in [-0.15, -0.1) is 0 Å². The molecule has 0 saturated heterocycles. The van der Waals surface area contributed by atoms with Crippen LogP contribution in [0.4, 0.5) is 11.5 Å². The third-order valence-electron chi connectivity index (χ3n) is 4.19. The number of nitrogens with two attached hydrogens (primary N) is 1. The number of halogens is 1. The molecule has 4 rings (SSSR count). The predicted molar refractivity (Wildman–Crippen MR) is 113 cm³/mol. The summed E-state index contributed by atoms with van der Waals surface area (Å²) < 4.78 is 29.9. The Morgan fingerprint density at radius 2 is 1.59 bits per heavy atom. The van der Waals surface area contributed by atoms with Crippen LogP contribution in [-0.4, -0.2) is 23.2 Å². The van der Waals surface area contributed by atoms with E-state index in [0.717, 1.165) is 5.56 Å². The maximum Gasteiger partial charge on any atom is 0.263 e. The number of rotatable bonds is 5. The highest BCUT2D eigenvalue weighted by atomic mass is 35.5. The molecule has 0 aliphatic carbocycles. The molecule has 0 radical (unpaired) electrons. The standard InChI is InChI=1S/C20H16ClN5O2S/c21-15-1-5-17(6-2-15)26-20(13-19(24-26)14-9-11-23-12-10-14)25-29(27,28)18-7-3-16(22)4-8-18/h1-13,25H,22H2. The molecule has 2 aromatic heterocycles. The van der Waals surface area contributed by atoms with Crippen molar-refractivity contribution < 1.29 is 8.42 Å². The Morgan fingerprint density at radius 1 is 0.931 bits per heavy atom. The SMILES string of the molecule is Nc1ccc(S(=O)(=O)Nc2cc(-c3ccncc3)nn2-c2ccc(Cl)cc2)cc1. The number of aromatic nitrogens is 3. The Hall–Kier alpha value is -3.36. The third kappa shape index (κ3) is 4.08. The van der Waals surface area contributed by atoms with Crippen molar-refractivity contribution in [3.8, 4) is 16.9 Å². The fraction of sp³-hybridized carbons (Fsp3) is 0. The number of benzene rings is 2. The quantitative estimate of drug-likeness (QED) is 0.471. The van der Waals surface area contributed by atoms with Gasteiger partial charge < -0.3 is 5.73 Å². The van der Waals surface area contributed by atoms with E-state index in [-0.39, 0.29) is 10.7 Å². The van der Waals surface area contributed by atoms with Crippen molar-refractivity contribution in [1.29, 1.82) is 0 Å². The van der Waals surface area contributed by atoms with Crippen molar-refractivity contribution in [2.75, 3.05) is 10.5 Å². The minimum absolute atomic E-state index is 0.0982. The lowest BCUT2D eigenvalue weighted by Gasteiger charge is -2.11. The molecule has 0 aliphatic heterocycles. The summed E-state index contributed by atoms with van der Waals surface area (Å²) in [4.78, 5) is 4.10. The van der Waals surface area contributed by atoms with Crippen molar-refractivity contribution in [3.05, 3.63) is 84.1 Å². The fourth-order valence-corrected chi connectivity index (χ4v) is 3.90. The van der Waals surface area contributed by atoms with Gasteiger partial charge in [-0.2, -0.15) is 5.10 Å². The summed E-state index contributed by atoms with van der Waals surface area (Å²) in [6.07, 6.45) is 3.30. The van der Waals surface area contributed by atoms with Crippen LogP contribution in [0.25, 0.3) is 16.9 Å². The van der Waals surface area contributed by atoms with E-state index in [9.17, 15) is 8.42 Å². The molecule has 7 nitrogen and oxygen atoms in total. The fourth-order valence-electron chi connectivity index (χ4n) is 2.74. The molecule has 3 N–H and O–H groups in total. The van der Waals surface area contributed by atoms with Crippen molar-refractivity contribution in [2.45, 2.75) is 4.90 Å². The highest BCUT2D eigenvalue weighted by molar-refractivity contribution is 7.92. The van der Waals surface area contributed by atoms with E-state index in [4.69, 9.17) is 17.3 Å². The Balaban J connectivity index is 1.79. The molecule has 0 spiro atoms. The van der Waals surface area contributed by atoms with E-state index in [2.05, 4.69) is 14.8 Å². The first-order valence-electron chi connectivity index (χ1n) is 8.57. The molecule has 2 heterocycles. The minimum atomic E-state index is -3.84. The van der Waals surface area contributed by atoms with E-state index >= 15 is 0 Å². The first kappa shape index (κ1) is 19.0. The average molecular weight is 426 g/mol. The highest BCUT2D eigenvalue weighted by Crippen LogP contribution is 2.27. The van der Waals surface area contributed by atoms with Gasteiger partial charge in [-0.25, -0.2) is 13.1 Å². The summed E-state index contributed by atoms with van der Waals surface area (Å²) in [5, 5.41) is 5.14. The van der Waals surface area contributed by atoms with Gasteiger partial charge in [0.05, 0.1) is 16.3 Å². The lowest BCUT2D eigenvalue weighted by molar-refractivity contribution is 0.600. The summed E-state index contributed by atoms with van der Waals surface area (Å²) in [6.45, 7) is 0. The van der Waals surface area contributed by atoms with Gasteiger partial charge in [0.2, 0.25) is 0 Å². The number of nitrogen functional groups attached to an aromatic ring is 1. The molecule has 0 amide bonds. The number of nitrogens with one attached hydrogen (secondary N) is 1. The lowest BCUT2D eigenvalue weighted by atomic mass is 10.2. The molecule has 9 heteroatoms.